The van der Waals surface area contributed by atoms with Crippen LogP contribution in [0.15, 0.2) is 36.4 Å². The Bertz CT molecular complexity index is 800. The molecule has 8 heteroatoms. The second kappa shape index (κ2) is 7.59. The van der Waals surface area contributed by atoms with Gasteiger partial charge >= 0.3 is 0 Å². The van der Waals surface area contributed by atoms with E-state index in [-0.39, 0.29) is 6.42 Å². The Balaban J connectivity index is 2.19. The number of halogens is 4. The van der Waals surface area contributed by atoms with Crippen molar-refractivity contribution in [3.63, 3.8) is 0 Å². The average molecular weight is 373 g/mol. The summed E-state index contributed by atoms with van der Waals surface area (Å²) in [5.74, 6) is -3.57. The van der Waals surface area contributed by atoms with E-state index in [4.69, 9.17) is 28.9 Å². The molecular weight excluding hydrogens is 361 g/mol. The van der Waals surface area contributed by atoms with E-state index in [2.05, 4.69) is 5.32 Å². The predicted octanol–water partition coefficient (Wildman–Crippen LogP) is 3.10. The van der Waals surface area contributed by atoms with Gasteiger partial charge in [-0.05, 0) is 29.8 Å². The molecule has 0 radical (unpaired) electrons. The van der Waals surface area contributed by atoms with Gasteiger partial charge in [0.15, 0.2) is 0 Å². The zero-order chi connectivity index (χ0) is 17.9. The summed E-state index contributed by atoms with van der Waals surface area (Å²) in [5.41, 5.74) is 5.41. The number of benzene rings is 2. The highest BCUT2D eigenvalue weighted by Crippen LogP contribution is 2.22. The monoisotopic (exact) mass is 372 g/mol. The Morgan fingerprint density at radius 2 is 1.83 bits per heavy atom. The van der Waals surface area contributed by atoms with Gasteiger partial charge in [-0.3, -0.25) is 9.59 Å². The second-order valence-electron chi connectivity index (χ2n) is 4.99. The minimum atomic E-state index is -1.12. The Morgan fingerprint density at radius 3 is 2.42 bits per heavy atom. The van der Waals surface area contributed by atoms with Gasteiger partial charge in [0.2, 0.25) is 5.91 Å². The number of hydrogen-bond acceptors (Lipinski definition) is 2. The second-order valence-corrected chi connectivity index (χ2v) is 5.84. The van der Waals surface area contributed by atoms with Crippen LogP contribution < -0.4 is 11.1 Å². The lowest BCUT2D eigenvalue weighted by molar-refractivity contribution is -0.119. The van der Waals surface area contributed by atoms with Gasteiger partial charge in [0.05, 0.1) is 5.56 Å². The molecule has 0 saturated heterocycles. The van der Waals surface area contributed by atoms with Gasteiger partial charge in [-0.1, -0.05) is 29.3 Å². The Hall–Kier alpha value is -2.18. The maximum atomic E-state index is 13.6. The molecule has 24 heavy (non-hydrogen) atoms. The van der Waals surface area contributed by atoms with Crippen LogP contribution in [0, 0.1) is 11.6 Å². The number of hydrogen-bond donors (Lipinski definition) is 2. The third-order valence-electron chi connectivity index (χ3n) is 3.26. The summed E-state index contributed by atoms with van der Waals surface area (Å²) in [6.07, 6.45) is -0.000110. The maximum absolute atomic E-state index is 13.6. The highest BCUT2D eigenvalue weighted by atomic mass is 35.5. The molecule has 0 bridgehead atoms. The van der Waals surface area contributed by atoms with Gasteiger partial charge in [0.1, 0.15) is 17.7 Å². The number of carbonyl (C=O) groups excluding carboxylic acids is 2. The van der Waals surface area contributed by atoms with Crippen LogP contribution in [0.4, 0.5) is 8.78 Å². The molecule has 0 fully saturated rings. The number of nitrogens with one attached hydrogen (secondary N) is 1. The molecule has 1 atom stereocenters. The van der Waals surface area contributed by atoms with Gasteiger partial charge in [0, 0.05) is 22.5 Å². The van der Waals surface area contributed by atoms with E-state index in [1.165, 1.54) is 6.07 Å². The van der Waals surface area contributed by atoms with E-state index >= 15 is 0 Å². The van der Waals surface area contributed by atoms with E-state index in [0.717, 1.165) is 12.1 Å². The molecule has 0 aliphatic heterocycles. The normalized spacial score (nSPS) is 11.8. The average Bonchev–Trinajstić information content (AvgIpc) is 2.48. The van der Waals surface area contributed by atoms with Gasteiger partial charge in [-0.25, -0.2) is 8.78 Å². The number of nitrogens with two attached hydrogens (primary N) is 1. The molecule has 2 rings (SSSR count). The van der Waals surface area contributed by atoms with Crippen molar-refractivity contribution in [1.29, 1.82) is 0 Å². The third kappa shape index (κ3) is 4.43. The van der Waals surface area contributed by atoms with E-state index in [0.29, 0.717) is 21.7 Å². The molecule has 0 aliphatic rings. The lowest BCUT2D eigenvalue weighted by Crippen LogP contribution is -2.46. The molecule has 3 N–H and O–H groups in total. The van der Waals surface area contributed by atoms with Gasteiger partial charge in [0.25, 0.3) is 5.91 Å². The lowest BCUT2D eigenvalue weighted by atomic mass is 10.0. The highest BCUT2D eigenvalue weighted by molar-refractivity contribution is 6.35. The van der Waals surface area contributed by atoms with Crippen LogP contribution in [0.2, 0.25) is 10.0 Å². The summed E-state index contributed by atoms with van der Waals surface area (Å²) in [7, 11) is 0. The number of amides is 2. The van der Waals surface area contributed by atoms with Crippen LogP contribution in [0.5, 0.6) is 0 Å². The molecule has 0 spiro atoms. The molecule has 0 aromatic heterocycles. The predicted molar refractivity (Wildman–Crippen MR) is 87.0 cm³/mol. The Kier molecular flexibility index (Phi) is 5.75. The molecule has 0 unspecified atom stereocenters. The summed E-state index contributed by atoms with van der Waals surface area (Å²) in [5, 5.41) is 3.03. The molecule has 2 aromatic carbocycles. The minimum Gasteiger partial charge on any atom is -0.368 e. The minimum absolute atomic E-state index is 0.000110. The fourth-order valence-electron chi connectivity index (χ4n) is 2.04. The zero-order valence-electron chi connectivity index (χ0n) is 12.2. The molecule has 0 heterocycles. The van der Waals surface area contributed by atoms with Crippen molar-refractivity contribution >= 4 is 35.0 Å². The first-order chi connectivity index (χ1) is 11.3. The smallest absolute Gasteiger partial charge is 0.254 e. The van der Waals surface area contributed by atoms with Crippen LogP contribution in [0.25, 0.3) is 0 Å². The van der Waals surface area contributed by atoms with E-state index in [1.807, 2.05) is 0 Å². The largest absolute Gasteiger partial charge is 0.368 e. The number of primary amides is 1. The molecule has 2 aromatic rings. The quantitative estimate of drug-likeness (QED) is 0.846. The Labute approximate surface area is 146 Å². The van der Waals surface area contributed by atoms with Crippen molar-refractivity contribution in [2.24, 2.45) is 5.73 Å². The van der Waals surface area contributed by atoms with Crippen molar-refractivity contribution in [2.75, 3.05) is 0 Å². The highest BCUT2D eigenvalue weighted by Gasteiger charge is 2.22. The van der Waals surface area contributed by atoms with Crippen molar-refractivity contribution in [3.8, 4) is 0 Å². The summed E-state index contributed by atoms with van der Waals surface area (Å²) >= 11 is 11.8. The summed E-state index contributed by atoms with van der Waals surface area (Å²) in [6.45, 7) is 0. The molecule has 0 aliphatic carbocycles. The van der Waals surface area contributed by atoms with Crippen molar-refractivity contribution in [1.82, 2.24) is 5.32 Å². The summed E-state index contributed by atoms with van der Waals surface area (Å²) < 4.78 is 26.5. The molecule has 126 valence electrons. The first-order valence-corrected chi connectivity index (χ1v) is 7.52. The van der Waals surface area contributed by atoms with Crippen molar-refractivity contribution in [2.45, 2.75) is 12.5 Å². The van der Waals surface area contributed by atoms with Crippen LogP contribution in [-0.2, 0) is 11.2 Å². The van der Waals surface area contributed by atoms with Gasteiger partial charge in [-0.2, -0.15) is 0 Å². The Morgan fingerprint density at radius 1 is 1.12 bits per heavy atom. The van der Waals surface area contributed by atoms with Crippen LogP contribution in [0.3, 0.4) is 0 Å². The molecule has 2 amide bonds. The first kappa shape index (κ1) is 18.2. The SMILES string of the molecule is NC(=O)[C@@H](Cc1ccc(Cl)cc1Cl)NC(=O)c1ccc(F)cc1F. The standard InChI is InChI=1S/C16H12Cl2F2N2O2/c17-9-2-1-8(12(18)6-9)5-14(15(21)23)22-16(24)11-4-3-10(19)7-13(11)20/h1-4,6-7,14H,5H2,(H2,21,23)(H,22,24)/t14-/m1/s1. The first-order valence-electron chi connectivity index (χ1n) is 6.77. The van der Waals surface area contributed by atoms with Crippen molar-refractivity contribution in [3.05, 3.63) is 69.2 Å². The topological polar surface area (TPSA) is 72.2 Å². The number of carbonyl (C=O) groups is 2. The van der Waals surface area contributed by atoms with Gasteiger partial charge < -0.3 is 11.1 Å². The van der Waals surface area contributed by atoms with E-state index in [1.54, 1.807) is 12.1 Å². The zero-order valence-corrected chi connectivity index (χ0v) is 13.7. The fourth-order valence-corrected chi connectivity index (χ4v) is 2.53. The molecule has 4 nitrogen and oxygen atoms in total. The maximum Gasteiger partial charge on any atom is 0.254 e. The lowest BCUT2D eigenvalue weighted by Gasteiger charge is -2.16. The molecular formula is C16H12Cl2F2N2O2. The number of rotatable bonds is 5. The third-order valence-corrected chi connectivity index (χ3v) is 3.85. The summed E-state index contributed by atoms with van der Waals surface area (Å²) in [4.78, 5) is 23.7. The van der Waals surface area contributed by atoms with Crippen LogP contribution in [0.1, 0.15) is 15.9 Å². The molecule has 0 saturated carbocycles. The summed E-state index contributed by atoms with van der Waals surface area (Å²) in [6, 6.07) is 6.01. The van der Waals surface area contributed by atoms with Crippen LogP contribution >= 0.6 is 23.2 Å². The van der Waals surface area contributed by atoms with E-state index < -0.39 is 35.1 Å². The van der Waals surface area contributed by atoms with E-state index in [9.17, 15) is 18.4 Å². The van der Waals surface area contributed by atoms with Crippen molar-refractivity contribution < 1.29 is 18.4 Å². The van der Waals surface area contributed by atoms with Crippen LogP contribution in [-0.4, -0.2) is 17.9 Å². The van der Waals surface area contributed by atoms with Gasteiger partial charge in [-0.15, -0.1) is 0 Å². The fraction of sp³-hybridized carbons (Fsp3) is 0.125.